The molecule has 0 N–H and O–H groups in total. The average Bonchev–Trinajstić information content (AvgIpc) is 2.41. The molecule has 1 saturated carbocycles. The Hall–Kier alpha value is -0.370. The highest BCUT2D eigenvalue weighted by Gasteiger charge is 2.72. The third-order valence-electron chi connectivity index (χ3n) is 3.86. The van der Waals surface area contributed by atoms with Gasteiger partial charge in [-0.1, -0.05) is 6.92 Å². The van der Waals surface area contributed by atoms with Gasteiger partial charge in [0.25, 0.3) is 0 Å². The van der Waals surface area contributed by atoms with E-state index < -0.39 is 0 Å². The zero-order chi connectivity index (χ0) is 7.64. The highest BCUT2D eigenvalue weighted by atomic mass is 19.1. The number of halogens is 1. The van der Waals surface area contributed by atoms with Gasteiger partial charge in [-0.25, -0.2) is 4.39 Å². The lowest BCUT2D eigenvalue weighted by atomic mass is 10.2. The van der Waals surface area contributed by atoms with Gasteiger partial charge in [-0.05, 0) is 30.9 Å². The van der Waals surface area contributed by atoms with Gasteiger partial charge in [-0.2, -0.15) is 0 Å². The van der Waals surface area contributed by atoms with Gasteiger partial charge in [0.15, 0.2) is 0 Å². The fourth-order valence-corrected chi connectivity index (χ4v) is 3.24. The summed E-state index contributed by atoms with van der Waals surface area (Å²) in [5.41, 5.74) is -0.0833. The zero-order valence-electron chi connectivity index (χ0n) is 6.68. The maximum Gasteiger partial charge on any atom is 0.118 e. The second-order valence-corrected chi connectivity index (χ2v) is 4.01. The van der Waals surface area contributed by atoms with Crippen molar-refractivity contribution in [3.63, 3.8) is 0 Å². The van der Waals surface area contributed by atoms with Gasteiger partial charge < -0.3 is 0 Å². The minimum atomic E-state index is -0.0833. The first-order chi connectivity index (χ1) is 5.28. The van der Waals surface area contributed by atoms with Crippen LogP contribution in [-0.2, 0) is 0 Å². The van der Waals surface area contributed by atoms with Crippen molar-refractivity contribution in [1.29, 1.82) is 0 Å². The molecule has 3 atom stereocenters. The number of rotatable bonds is 0. The zero-order valence-corrected chi connectivity index (χ0v) is 6.68. The van der Waals surface area contributed by atoms with Gasteiger partial charge in [0.1, 0.15) is 5.83 Å². The fraction of sp³-hybridized carbons (Fsp3) is 0.778. The van der Waals surface area contributed by atoms with Crippen molar-refractivity contribution in [2.24, 2.45) is 11.8 Å². The van der Waals surface area contributed by atoms with Crippen LogP contribution in [0.5, 0.6) is 0 Å². The predicted molar refractivity (Wildman–Crippen MR) is 40.8 cm³/mol. The van der Waals surface area contributed by atoms with Crippen molar-refractivity contribution >= 4 is 0 Å². The molecular formula is C9H12FN. The smallest absolute Gasteiger partial charge is 0.118 e. The van der Waals surface area contributed by atoms with Gasteiger partial charge in [-0.3, -0.25) is 4.90 Å². The van der Waals surface area contributed by atoms with Crippen LogP contribution >= 0.6 is 0 Å². The van der Waals surface area contributed by atoms with Crippen LogP contribution in [0, 0.1) is 11.8 Å². The Morgan fingerprint density at radius 1 is 1.73 bits per heavy atom. The van der Waals surface area contributed by atoms with E-state index in [1.54, 1.807) is 6.08 Å². The van der Waals surface area contributed by atoms with Crippen LogP contribution in [-0.4, -0.2) is 23.5 Å². The van der Waals surface area contributed by atoms with E-state index in [9.17, 15) is 4.39 Å². The van der Waals surface area contributed by atoms with Crippen LogP contribution in [0.15, 0.2) is 11.9 Å². The third-order valence-corrected chi connectivity index (χ3v) is 3.86. The van der Waals surface area contributed by atoms with Crippen LogP contribution in [0.25, 0.3) is 0 Å². The summed E-state index contributed by atoms with van der Waals surface area (Å²) in [5, 5.41) is 0. The molecule has 2 heterocycles. The van der Waals surface area contributed by atoms with Crippen LogP contribution in [0.2, 0.25) is 0 Å². The summed E-state index contributed by atoms with van der Waals surface area (Å²) in [6.45, 7) is 4.14. The molecule has 0 aromatic heterocycles. The van der Waals surface area contributed by atoms with Gasteiger partial charge in [0.05, 0.1) is 5.54 Å². The van der Waals surface area contributed by atoms with Gasteiger partial charge in [0.2, 0.25) is 0 Å². The lowest BCUT2D eigenvalue weighted by Crippen LogP contribution is -2.32. The second kappa shape index (κ2) is 1.53. The molecule has 1 nitrogen and oxygen atoms in total. The standard InChI is InChI=1S/C9H12FN/c1-6-7-2-4-11-5-3-8(10)9(6,7)11/h3,6-7H,2,4-5H2,1H3. The molecule has 1 spiro atoms. The minimum Gasteiger partial charge on any atom is -0.287 e. The predicted octanol–water partition coefficient (Wildman–Crippen LogP) is 1.56. The normalized spacial score (nSPS) is 53.8. The van der Waals surface area contributed by atoms with Gasteiger partial charge >= 0.3 is 0 Å². The van der Waals surface area contributed by atoms with Crippen LogP contribution in [0.1, 0.15) is 13.3 Å². The highest BCUT2D eigenvalue weighted by Crippen LogP contribution is 2.66. The van der Waals surface area contributed by atoms with Crippen LogP contribution in [0.4, 0.5) is 4.39 Å². The molecule has 3 rings (SSSR count). The quantitative estimate of drug-likeness (QED) is 0.510. The van der Waals surface area contributed by atoms with Crippen molar-refractivity contribution < 1.29 is 4.39 Å². The van der Waals surface area contributed by atoms with E-state index >= 15 is 0 Å². The van der Waals surface area contributed by atoms with Crippen molar-refractivity contribution in [1.82, 2.24) is 4.90 Å². The Balaban J connectivity index is 2.08. The van der Waals surface area contributed by atoms with E-state index in [0.717, 1.165) is 13.1 Å². The molecule has 0 aromatic carbocycles. The fourth-order valence-electron chi connectivity index (χ4n) is 3.24. The molecule has 11 heavy (non-hydrogen) atoms. The molecule has 0 bridgehead atoms. The molecule has 2 heteroatoms. The lowest BCUT2D eigenvalue weighted by molar-refractivity contribution is 0.246. The van der Waals surface area contributed by atoms with Crippen LogP contribution < -0.4 is 0 Å². The van der Waals surface area contributed by atoms with Crippen molar-refractivity contribution in [2.75, 3.05) is 13.1 Å². The number of piperidine rings is 1. The maximum atomic E-state index is 13.4. The summed E-state index contributed by atoms with van der Waals surface area (Å²) in [5.74, 6) is 1.38. The van der Waals surface area contributed by atoms with E-state index in [2.05, 4.69) is 11.8 Å². The van der Waals surface area contributed by atoms with E-state index in [-0.39, 0.29) is 11.4 Å². The molecule has 3 aliphatic rings. The summed E-state index contributed by atoms with van der Waals surface area (Å²) in [4.78, 5) is 2.30. The molecule has 2 fully saturated rings. The molecule has 60 valence electrons. The summed E-state index contributed by atoms with van der Waals surface area (Å²) in [7, 11) is 0. The van der Waals surface area contributed by atoms with E-state index in [1.807, 2.05) is 0 Å². The Labute approximate surface area is 65.9 Å². The number of nitrogens with zero attached hydrogens (tertiary/aromatic N) is 1. The molecule has 2 aliphatic heterocycles. The second-order valence-electron chi connectivity index (χ2n) is 4.01. The third kappa shape index (κ3) is 0.442. The molecule has 1 aliphatic carbocycles. The Bertz CT molecular complexity index is 248. The topological polar surface area (TPSA) is 3.24 Å². The Morgan fingerprint density at radius 2 is 2.55 bits per heavy atom. The summed E-state index contributed by atoms with van der Waals surface area (Å²) in [6.07, 6.45) is 2.97. The molecule has 0 amide bonds. The summed E-state index contributed by atoms with van der Waals surface area (Å²) < 4.78 is 13.4. The van der Waals surface area contributed by atoms with E-state index in [0.29, 0.717) is 11.8 Å². The molecule has 1 saturated heterocycles. The molecule has 3 unspecified atom stereocenters. The maximum absolute atomic E-state index is 13.4. The van der Waals surface area contributed by atoms with Crippen LogP contribution in [0.3, 0.4) is 0 Å². The first kappa shape index (κ1) is 6.18. The number of hydrogen-bond acceptors (Lipinski definition) is 1. The average molecular weight is 153 g/mol. The van der Waals surface area contributed by atoms with Crippen molar-refractivity contribution in [3.8, 4) is 0 Å². The Kier molecular flexibility index (Phi) is 0.861. The Morgan fingerprint density at radius 3 is 3.18 bits per heavy atom. The van der Waals surface area contributed by atoms with Gasteiger partial charge in [-0.15, -0.1) is 0 Å². The first-order valence-electron chi connectivity index (χ1n) is 4.39. The summed E-state index contributed by atoms with van der Waals surface area (Å²) >= 11 is 0. The van der Waals surface area contributed by atoms with Crippen molar-refractivity contribution in [2.45, 2.75) is 18.9 Å². The molecule has 0 aromatic rings. The molecule has 0 radical (unpaired) electrons. The SMILES string of the molecule is CC1C2CCN3CC=C(F)C123. The van der Waals surface area contributed by atoms with Gasteiger partial charge in [0, 0.05) is 6.54 Å². The first-order valence-corrected chi connectivity index (χ1v) is 4.39. The number of hydrogen-bond donors (Lipinski definition) is 0. The summed E-state index contributed by atoms with van der Waals surface area (Å²) in [6, 6.07) is 0. The van der Waals surface area contributed by atoms with Crippen molar-refractivity contribution in [3.05, 3.63) is 11.9 Å². The minimum absolute atomic E-state index is 0.0833. The monoisotopic (exact) mass is 153 g/mol. The van der Waals surface area contributed by atoms with E-state index in [1.165, 1.54) is 6.42 Å². The largest absolute Gasteiger partial charge is 0.287 e. The highest BCUT2D eigenvalue weighted by molar-refractivity contribution is 5.38. The lowest BCUT2D eigenvalue weighted by Gasteiger charge is -2.20. The van der Waals surface area contributed by atoms with E-state index in [4.69, 9.17) is 0 Å². The molecular weight excluding hydrogens is 141 g/mol.